The van der Waals surface area contributed by atoms with E-state index in [1.165, 1.54) is 24.3 Å². The van der Waals surface area contributed by atoms with Crippen LogP contribution in [-0.2, 0) is 10.0 Å². The number of benzene rings is 3. The topological polar surface area (TPSA) is 170 Å². The Bertz CT molecular complexity index is 1680. The van der Waals surface area contributed by atoms with Crippen molar-refractivity contribution >= 4 is 38.2 Å². The van der Waals surface area contributed by atoms with Crippen LogP contribution < -0.4 is 14.9 Å². The number of nitrogens with zero attached hydrogens (tertiary/aromatic N) is 3. The molecule has 4 aromatic rings. The van der Waals surface area contributed by atoms with Crippen LogP contribution >= 0.6 is 0 Å². The molecule has 0 unspecified atom stereocenters. The van der Waals surface area contributed by atoms with Crippen molar-refractivity contribution < 1.29 is 28.0 Å². The van der Waals surface area contributed by atoms with Gasteiger partial charge in [0.2, 0.25) is 0 Å². The Balaban J connectivity index is 1.32. The van der Waals surface area contributed by atoms with Crippen LogP contribution in [-0.4, -0.2) is 78.6 Å². The van der Waals surface area contributed by atoms with Crippen LogP contribution in [0.4, 0.5) is 11.4 Å². The zero-order chi connectivity index (χ0) is 29.0. The predicted octanol–water partition coefficient (Wildman–Crippen LogP) is 2.92. The Hall–Kier alpha value is -4.50. The fourth-order valence-electron chi connectivity index (χ4n) is 4.52. The normalized spacial score (nSPS) is 14.6. The summed E-state index contributed by atoms with van der Waals surface area (Å²) in [5.74, 6) is -0.359. The number of rotatable bonds is 10. The van der Waals surface area contributed by atoms with E-state index in [1.807, 2.05) is 16.9 Å². The largest absolute Gasteiger partial charge is 0.457 e. The third-order valence-electron chi connectivity index (χ3n) is 6.65. The minimum absolute atomic E-state index is 0.0293. The van der Waals surface area contributed by atoms with Gasteiger partial charge in [0.1, 0.15) is 17.2 Å². The lowest BCUT2D eigenvalue weighted by atomic mass is 10.2. The molecule has 0 bridgehead atoms. The number of aliphatic hydroxyl groups excluding tert-OH is 1. The van der Waals surface area contributed by atoms with Gasteiger partial charge >= 0.3 is 0 Å². The van der Waals surface area contributed by atoms with E-state index in [2.05, 4.69) is 15.3 Å². The molecular formula is C27H28N6O7S. The number of amides is 1. The van der Waals surface area contributed by atoms with Crippen molar-refractivity contribution in [3.05, 3.63) is 88.6 Å². The molecule has 14 heteroatoms. The highest BCUT2D eigenvalue weighted by Gasteiger charge is 2.26. The van der Waals surface area contributed by atoms with Gasteiger partial charge in [0, 0.05) is 55.9 Å². The zero-order valence-electron chi connectivity index (χ0n) is 21.8. The number of nitrogens with one attached hydrogen (secondary N) is 3. The van der Waals surface area contributed by atoms with Gasteiger partial charge in [-0.3, -0.25) is 19.8 Å². The second kappa shape index (κ2) is 11.9. The molecule has 0 atom stereocenters. The number of nitro groups is 1. The van der Waals surface area contributed by atoms with Gasteiger partial charge in [-0.15, -0.1) is 0 Å². The van der Waals surface area contributed by atoms with Gasteiger partial charge in [-0.1, -0.05) is 12.1 Å². The van der Waals surface area contributed by atoms with Gasteiger partial charge < -0.3 is 20.3 Å². The highest BCUT2D eigenvalue weighted by atomic mass is 32.2. The molecule has 1 amide bonds. The monoisotopic (exact) mass is 580 g/mol. The Morgan fingerprint density at radius 2 is 1.83 bits per heavy atom. The molecule has 0 saturated carbocycles. The number of sulfonamides is 1. The molecule has 4 N–H and O–H groups in total. The predicted molar refractivity (Wildman–Crippen MR) is 151 cm³/mol. The average molecular weight is 581 g/mol. The lowest BCUT2D eigenvalue weighted by molar-refractivity contribution is -0.384. The molecule has 1 aromatic heterocycles. The molecule has 1 fully saturated rings. The smallest absolute Gasteiger partial charge is 0.295 e. The molecule has 214 valence electrons. The summed E-state index contributed by atoms with van der Waals surface area (Å²) in [6.07, 6.45) is 1.79. The first-order valence-corrected chi connectivity index (χ1v) is 14.3. The summed E-state index contributed by atoms with van der Waals surface area (Å²) < 4.78 is 34.1. The molecule has 2 heterocycles. The average Bonchev–Trinajstić information content (AvgIpc) is 3.42. The maximum Gasteiger partial charge on any atom is 0.295 e. The number of hydrazine groups is 1. The standard InChI is InChI=1S/C27H28N6O7S/c34-16-15-31-11-13-32(14-12-31)29-24-8-6-21(18-25(24)33(36)37)41(38,39)30-27(35)22-3-1-2-4-26(22)40-20-5-7-23-19(17-20)9-10-28-23/h1-10,17-18,28-29,34H,11-16H2,(H,30,35). The number of para-hydroxylation sites is 1. The third kappa shape index (κ3) is 6.47. The molecule has 1 aliphatic heterocycles. The minimum atomic E-state index is -4.47. The fourth-order valence-corrected chi connectivity index (χ4v) is 5.51. The fraction of sp³-hybridized carbons (Fsp3) is 0.222. The van der Waals surface area contributed by atoms with E-state index in [0.29, 0.717) is 38.5 Å². The number of piperazine rings is 1. The van der Waals surface area contributed by atoms with E-state index in [-0.39, 0.29) is 23.6 Å². The van der Waals surface area contributed by atoms with Crippen molar-refractivity contribution in [2.75, 3.05) is 44.8 Å². The molecule has 0 spiro atoms. The maximum absolute atomic E-state index is 13.1. The summed E-state index contributed by atoms with van der Waals surface area (Å²) >= 11 is 0. The van der Waals surface area contributed by atoms with E-state index < -0.39 is 31.4 Å². The van der Waals surface area contributed by atoms with Crippen LogP contribution in [0.2, 0.25) is 0 Å². The number of aliphatic hydroxyl groups is 1. The lowest BCUT2D eigenvalue weighted by Gasteiger charge is -2.34. The number of ether oxygens (including phenoxy) is 1. The third-order valence-corrected chi connectivity index (χ3v) is 7.98. The number of aromatic amines is 1. The number of anilines is 1. The number of carbonyl (C=O) groups excluding carboxylic acids is 1. The summed E-state index contributed by atoms with van der Waals surface area (Å²) in [5.41, 5.74) is 3.52. The number of carbonyl (C=O) groups is 1. The first-order chi connectivity index (χ1) is 19.7. The van der Waals surface area contributed by atoms with Crippen molar-refractivity contribution in [1.29, 1.82) is 0 Å². The number of fused-ring (bicyclic) bond motifs is 1. The molecule has 1 saturated heterocycles. The molecule has 0 radical (unpaired) electrons. The number of aromatic nitrogens is 1. The van der Waals surface area contributed by atoms with Gasteiger partial charge in [0.25, 0.3) is 21.6 Å². The molecule has 3 aromatic carbocycles. The number of H-pyrrole nitrogens is 1. The molecule has 13 nitrogen and oxygen atoms in total. The highest BCUT2D eigenvalue weighted by molar-refractivity contribution is 7.90. The summed E-state index contributed by atoms with van der Waals surface area (Å²) in [6.45, 7) is 3.01. The van der Waals surface area contributed by atoms with Gasteiger partial charge in [0.15, 0.2) is 0 Å². The van der Waals surface area contributed by atoms with Crippen LogP contribution in [0.15, 0.2) is 77.8 Å². The van der Waals surface area contributed by atoms with E-state index in [1.54, 1.807) is 35.5 Å². The van der Waals surface area contributed by atoms with E-state index in [0.717, 1.165) is 17.0 Å². The second-order valence-corrected chi connectivity index (χ2v) is 11.0. The zero-order valence-corrected chi connectivity index (χ0v) is 22.6. The number of nitro benzene ring substituents is 1. The van der Waals surface area contributed by atoms with Crippen molar-refractivity contribution in [3.63, 3.8) is 0 Å². The summed E-state index contributed by atoms with van der Waals surface area (Å²) in [6, 6.07) is 16.8. The van der Waals surface area contributed by atoms with Crippen molar-refractivity contribution in [1.82, 2.24) is 19.6 Å². The van der Waals surface area contributed by atoms with Crippen LogP contribution in [0.5, 0.6) is 11.5 Å². The quantitative estimate of drug-likeness (QED) is 0.162. The van der Waals surface area contributed by atoms with E-state index >= 15 is 0 Å². The van der Waals surface area contributed by atoms with Crippen molar-refractivity contribution in [2.24, 2.45) is 0 Å². The van der Waals surface area contributed by atoms with Crippen LogP contribution in [0.3, 0.4) is 0 Å². The first kappa shape index (κ1) is 28.0. The van der Waals surface area contributed by atoms with Gasteiger partial charge in [-0.05, 0) is 48.5 Å². The van der Waals surface area contributed by atoms with Crippen molar-refractivity contribution in [3.8, 4) is 11.5 Å². The summed E-state index contributed by atoms with van der Waals surface area (Å²) in [5, 5.41) is 23.6. The number of hydrogen-bond donors (Lipinski definition) is 4. The van der Waals surface area contributed by atoms with Crippen LogP contribution in [0.25, 0.3) is 10.9 Å². The minimum Gasteiger partial charge on any atom is -0.457 e. The molecule has 1 aliphatic rings. The van der Waals surface area contributed by atoms with E-state index in [9.17, 15) is 23.3 Å². The van der Waals surface area contributed by atoms with Gasteiger partial charge in [0.05, 0.1) is 22.0 Å². The maximum atomic E-state index is 13.1. The van der Waals surface area contributed by atoms with Crippen molar-refractivity contribution in [2.45, 2.75) is 4.90 Å². The lowest BCUT2D eigenvalue weighted by Crippen LogP contribution is -2.49. The van der Waals surface area contributed by atoms with Gasteiger partial charge in [-0.25, -0.2) is 18.1 Å². The Kier molecular flexibility index (Phi) is 8.16. The van der Waals surface area contributed by atoms with E-state index in [4.69, 9.17) is 9.84 Å². The summed E-state index contributed by atoms with van der Waals surface area (Å²) in [4.78, 5) is 28.9. The van der Waals surface area contributed by atoms with Gasteiger partial charge in [-0.2, -0.15) is 0 Å². The highest BCUT2D eigenvalue weighted by Crippen LogP contribution is 2.30. The first-order valence-electron chi connectivity index (χ1n) is 12.8. The van der Waals surface area contributed by atoms with Crippen LogP contribution in [0.1, 0.15) is 10.4 Å². The second-order valence-electron chi connectivity index (χ2n) is 9.36. The molecular weight excluding hydrogens is 552 g/mol. The SMILES string of the molecule is O=C(NS(=O)(=O)c1ccc(NN2CCN(CCO)CC2)c([N+](=O)[O-])c1)c1ccccc1Oc1ccc2[nH]ccc2c1. The van der Waals surface area contributed by atoms with Crippen LogP contribution in [0, 0.1) is 10.1 Å². The number of hydrogen-bond acceptors (Lipinski definition) is 10. The Morgan fingerprint density at radius 1 is 1.05 bits per heavy atom. The molecule has 5 rings (SSSR count). The Morgan fingerprint density at radius 3 is 2.59 bits per heavy atom. The molecule has 0 aliphatic carbocycles. The Labute approximate surface area is 235 Å². The summed E-state index contributed by atoms with van der Waals surface area (Å²) in [7, 11) is -4.47. The number of β-amino-alcohol motifs (C(OH)–C–C–N with tert-alkyl or cyclic N) is 1. The molecule has 41 heavy (non-hydrogen) atoms.